The lowest BCUT2D eigenvalue weighted by atomic mass is 9.81. The molecule has 2 nitrogen and oxygen atoms in total. The molecule has 1 atom stereocenters. The van der Waals surface area contributed by atoms with Crippen LogP contribution in [0.5, 0.6) is 0 Å². The highest BCUT2D eigenvalue weighted by atomic mass is 35.5. The summed E-state index contributed by atoms with van der Waals surface area (Å²) in [4.78, 5) is 15.0. The SMILES string of the molecule is O=C1CC(c2c(Cl)cccc2Cl)c2c(ccc3ccccc23)N1Cc1ccccc1F. The van der Waals surface area contributed by atoms with E-state index in [2.05, 4.69) is 0 Å². The Balaban J connectivity index is 1.73. The van der Waals surface area contributed by atoms with Crippen LogP contribution in [0.4, 0.5) is 10.1 Å². The van der Waals surface area contributed by atoms with Gasteiger partial charge in [0, 0.05) is 33.6 Å². The summed E-state index contributed by atoms with van der Waals surface area (Å²) in [5.41, 5.74) is 2.98. The molecule has 0 saturated heterocycles. The van der Waals surface area contributed by atoms with Crippen molar-refractivity contribution >= 4 is 45.6 Å². The third-order valence-corrected chi connectivity index (χ3v) is 6.56. The molecule has 1 aliphatic rings. The lowest BCUT2D eigenvalue weighted by Gasteiger charge is -2.36. The van der Waals surface area contributed by atoms with E-state index in [4.69, 9.17) is 23.2 Å². The Morgan fingerprint density at radius 2 is 1.55 bits per heavy atom. The van der Waals surface area contributed by atoms with Crippen LogP contribution in [0.2, 0.25) is 10.0 Å². The summed E-state index contributed by atoms with van der Waals surface area (Å²) < 4.78 is 14.4. The van der Waals surface area contributed by atoms with Crippen LogP contribution in [-0.4, -0.2) is 5.91 Å². The molecule has 0 saturated carbocycles. The second-order valence-electron chi connectivity index (χ2n) is 7.68. The van der Waals surface area contributed by atoms with Gasteiger partial charge in [0.15, 0.2) is 0 Å². The highest BCUT2D eigenvalue weighted by Gasteiger charge is 2.35. The van der Waals surface area contributed by atoms with Crippen LogP contribution in [0, 0.1) is 5.82 Å². The third kappa shape index (κ3) is 3.48. The fourth-order valence-electron chi connectivity index (χ4n) is 4.47. The molecule has 1 amide bonds. The maximum absolute atomic E-state index is 14.4. The number of benzene rings is 4. The fourth-order valence-corrected chi connectivity index (χ4v) is 5.13. The van der Waals surface area contributed by atoms with E-state index in [0.717, 1.165) is 27.6 Å². The summed E-state index contributed by atoms with van der Waals surface area (Å²) in [5, 5.41) is 3.17. The Morgan fingerprint density at radius 3 is 2.32 bits per heavy atom. The minimum Gasteiger partial charge on any atom is -0.308 e. The number of fused-ring (bicyclic) bond motifs is 3. The van der Waals surface area contributed by atoms with Crippen molar-refractivity contribution in [1.82, 2.24) is 0 Å². The zero-order valence-corrected chi connectivity index (χ0v) is 18.0. The number of hydrogen-bond acceptors (Lipinski definition) is 1. The molecule has 31 heavy (non-hydrogen) atoms. The zero-order chi connectivity index (χ0) is 21.5. The normalized spacial score (nSPS) is 15.9. The predicted molar refractivity (Wildman–Crippen MR) is 124 cm³/mol. The molecule has 1 heterocycles. The molecule has 5 heteroatoms. The maximum Gasteiger partial charge on any atom is 0.228 e. The van der Waals surface area contributed by atoms with Crippen molar-refractivity contribution in [3.05, 3.63) is 111 Å². The molecule has 0 aromatic heterocycles. The molecule has 4 aromatic rings. The van der Waals surface area contributed by atoms with Gasteiger partial charge in [-0.2, -0.15) is 0 Å². The van der Waals surface area contributed by atoms with E-state index in [1.807, 2.05) is 36.4 Å². The first-order valence-corrected chi connectivity index (χ1v) is 10.8. The standard InChI is InChI=1S/C26H18Cl2FNO/c27-20-9-5-10-21(28)26(20)19-14-24(31)30(15-17-7-2-4-11-22(17)29)23-13-12-16-6-1-3-8-18(16)25(19)23/h1-13,19H,14-15H2. The van der Waals surface area contributed by atoms with Crippen LogP contribution >= 0.6 is 23.2 Å². The van der Waals surface area contributed by atoms with E-state index >= 15 is 0 Å². The van der Waals surface area contributed by atoms with Crippen molar-refractivity contribution in [1.29, 1.82) is 0 Å². The second-order valence-corrected chi connectivity index (χ2v) is 8.50. The van der Waals surface area contributed by atoms with E-state index in [1.54, 1.807) is 41.3 Å². The Hall–Kier alpha value is -2.88. The van der Waals surface area contributed by atoms with Crippen molar-refractivity contribution < 1.29 is 9.18 Å². The van der Waals surface area contributed by atoms with E-state index in [0.29, 0.717) is 15.6 Å². The monoisotopic (exact) mass is 449 g/mol. The van der Waals surface area contributed by atoms with Gasteiger partial charge in [0.05, 0.1) is 6.54 Å². The molecular weight excluding hydrogens is 432 g/mol. The van der Waals surface area contributed by atoms with Crippen molar-refractivity contribution in [2.75, 3.05) is 4.90 Å². The number of halogens is 3. The van der Waals surface area contributed by atoms with Gasteiger partial charge in [0.2, 0.25) is 5.91 Å². The molecule has 4 aromatic carbocycles. The van der Waals surface area contributed by atoms with E-state index in [1.165, 1.54) is 6.07 Å². The Kier molecular flexibility index (Phi) is 5.17. The second kappa shape index (κ2) is 7.99. The number of nitrogens with zero attached hydrogens (tertiary/aromatic N) is 1. The van der Waals surface area contributed by atoms with Gasteiger partial charge in [-0.1, -0.05) is 77.8 Å². The van der Waals surface area contributed by atoms with Gasteiger partial charge < -0.3 is 4.90 Å². The van der Waals surface area contributed by atoms with Crippen LogP contribution in [0.1, 0.15) is 29.0 Å². The van der Waals surface area contributed by atoms with Gasteiger partial charge in [-0.05, 0) is 46.2 Å². The Bertz CT molecular complexity index is 1300. The van der Waals surface area contributed by atoms with Gasteiger partial charge >= 0.3 is 0 Å². The van der Waals surface area contributed by atoms with Gasteiger partial charge in [-0.25, -0.2) is 4.39 Å². The van der Waals surface area contributed by atoms with Gasteiger partial charge in [-0.3, -0.25) is 4.79 Å². The van der Waals surface area contributed by atoms with Crippen molar-refractivity contribution in [2.45, 2.75) is 18.9 Å². The smallest absolute Gasteiger partial charge is 0.228 e. The van der Waals surface area contributed by atoms with Crippen molar-refractivity contribution in [3.8, 4) is 0 Å². The summed E-state index contributed by atoms with van der Waals surface area (Å²) in [7, 11) is 0. The van der Waals surface area contributed by atoms with Crippen molar-refractivity contribution in [3.63, 3.8) is 0 Å². The molecule has 0 spiro atoms. The molecule has 0 fully saturated rings. The van der Waals surface area contributed by atoms with E-state index < -0.39 is 0 Å². The van der Waals surface area contributed by atoms with Crippen LogP contribution < -0.4 is 4.90 Å². The summed E-state index contributed by atoms with van der Waals surface area (Å²) in [5.74, 6) is -0.701. The minimum absolute atomic E-state index is 0.0907. The number of carbonyl (C=O) groups excluding carboxylic acids is 1. The highest BCUT2D eigenvalue weighted by molar-refractivity contribution is 6.36. The zero-order valence-electron chi connectivity index (χ0n) is 16.5. The van der Waals surface area contributed by atoms with E-state index in [9.17, 15) is 9.18 Å². The Morgan fingerprint density at radius 1 is 0.839 bits per heavy atom. The fraction of sp³-hybridized carbons (Fsp3) is 0.115. The summed E-state index contributed by atoms with van der Waals surface area (Å²) in [6.45, 7) is 0.166. The summed E-state index contributed by atoms with van der Waals surface area (Å²) >= 11 is 13.1. The van der Waals surface area contributed by atoms with Gasteiger partial charge in [0.25, 0.3) is 0 Å². The maximum atomic E-state index is 14.4. The van der Waals surface area contributed by atoms with Crippen LogP contribution in [0.15, 0.2) is 78.9 Å². The van der Waals surface area contributed by atoms with Crippen molar-refractivity contribution in [2.24, 2.45) is 0 Å². The first-order chi connectivity index (χ1) is 15.0. The van der Waals surface area contributed by atoms with Gasteiger partial charge in [-0.15, -0.1) is 0 Å². The first kappa shape index (κ1) is 20.0. The average Bonchev–Trinajstić information content (AvgIpc) is 2.76. The number of hydrogen-bond donors (Lipinski definition) is 0. The molecule has 5 rings (SSSR count). The number of carbonyl (C=O) groups is 1. The molecule has 0 bridgehead atoms. The summed E-state index contributed by atoms with van der Waals surface area (Å²) in [6.07, 6.45) is 0.207. The van der Waals surface area contributed by atoms with Crippen LogP contribution in [0.25, 0.3) is 10.8 Å². The number of anilines is 1. The molecule has 1 unspecified atom stereocenters. The number of rotatable bonds is 3. The largest absolute Gasteiger partial charge is 0.308 e. The van der Waals surface area contributed by atoms with E-state index in [-0.39, 0.29) is 30.6 Å². The predicted octanol–water partition coefficient (Wildman–Crippen LogP) is 7.35. The molecule has 0 radical (unpaired) electrons. The lowest BCUT2D eigenvalue weighted by molar-refractivity contribution is -0.119. The highest BCUT2D eigenvalue weighted by Crippen LogP contribution is 2.47. The topological polar surface area (TPSA) is 20.3 Å². The van der Waals surface area contributed by atoms with Crippen LogP contribution in [-0.2, 0) is 11.3 Å². The summed E-state index contributed by atoms with van der Waals surface area (Å²) in [6, 6.07) is 23.9. The average molecular weight is 450 g/mol. The molecule has 154 valence electrons. The minimum atomic E-state index is -0.325. The van der Waals surface area contributed by atoms with Gasteiger partial charge in [0.1, 0.15) is 5.82 Å². The first-order valence-electron chi connectivity index (χ1n) is 10.0. The number of amides is 1. The molecular formula is C26H18Cl2FNO. The van der Waals surface area contributed by atoms with Crippen LogP contribution in [0.3, 0.4) is 0 Å². The third-order valence-electron chi connectivity index (χ3n) is 5.90. The molecule has 0 N–H and O–H groups in total. The molecule has 1 aliphatic heterocycles. The quantitative estimate of drug-likeness (QED) is 0.320. The Labute approximate surface area is 189 Å². The lowest BCUT2D eigenvalue weighted by Crippen LogP contribution is -2.37. The molecule has 0 aliphatic carbocycles.